The van der Waals surface area contributed by atoms with Crippen LogP contribution in [0.4, 0.5) is 0 Å². The van der Waals surface area contributed by atoms with Gasteiger partial charge in [-0.3, -0.25) is 0 Å². The molecule has 0 unspecified atom stereocenters. The van der Waals surface area contributed by atoms with E-state index in [-0.39, 0.29) is 0 Å². The van der Waals surface area contributed by atoms with Crippen LogP contribution in [0.5, 0.6) is 0 Å². The van der Waals surface area contributed by atoms with E-state index in [4.69, 9.17) is 0 Å². The van der Waals surface area contributed by atoms with Crippen molar-refractivity contribution in [2.75, 3.05) is 0 Å². The molecule has 3 heteroatoms. The highest BCUT2D eigenvalue weighted by Crippen LogP contribution is 2.41. The van der Waals surface area contributed by atoms with Crippen molar-refractivity contribution in [3.05, 3.63) is 188 Å². The van der Waals surface area contributed by atoms with E-state index in [0.717, 1.165) is 11.4 Å². The number of hydrogen-bond donors (Lipinski definition) is 0. The second kappa shape index (κ2) is 10.8. The van der Waals surface area contributed by atoms with Gasteiger partial charge < -0.3 is 13.7 Å². The summed E-state index contributed by atoms with van der Waals surface area (Å²) in [7, 11) is 0. The molecule has 0 N–H and O–H groups in total. The maximum Gasteiger partial charge on any atom is 0.0619 e. The quantitative estimate of drug-likeness (QED) is 0.180. The molecule has 8 aromatic carbocycles. The fraction of sp³-hybridized carbons (Fsp3) is 0. The predicted molar refractivity (Wildman–Crippen MR) is 215 cm³/mol. The van der Waals surface area contributed by atoms with Gasteiger partial charge in [-0.15, -0.1) is 0 Å². The molecule has 238 valence electrons. The minimum Gasteiger partial charge on any atom is -0.309 e. The zero-order valence-corrected chi connectivity index (χ0v) is 27.7. The second-order valence-corrected chi connectivity index (χ2v) is 13.4. The molecule has 3 heterocycles. The lowest BCUT2D eigenvalue weighted by molar-refractivity contribution is 1.17. The molecule has 0 aliphatic heterocycles. The average Bonchev–Trinajstić information content (AvgIpc) is 3.83. The van der Waals surface area contributed by atoms with Gasteiger partial charge in [-0.2, -0.15) is 0 Å². The lowest BCUT2D eigenvalue weighted by Gasteiger charge is -2.13. The van der Waals surface area contributed by atoms with Gasteiger partial charge in [0.25, 0.3) is 0 Å². The Bertz CT molecular complexity index is 3110. The summed E-state index contributed by atoms with van der Waals surface area (Å²) in [4.78, 5) is 0. The van der Waals surface area contributed by atoms with Crippen molar-refractivity contribution in [1.29, 1.82) is 0 Å². The van der Waals surface area contributed by atoms with E-state index in [2.05, 4.69) is 202 Å². The van der Waals surface area contributed by atoms with Gasteiger partial charge in [-0.1, -0.05) is 121 Å². The molecule has 0 aliphatic rings. The monoisotopic (exact) mass is 649 g/mol. The third-order valence-corrected chi connectivity index (χ3v) is 10.6. The Labute approximate surface area is 294 Å². The number of fused-ring (bicyclic) bond motifs is 9. The molecule has 0 saturated carbocycles. The third-order valence-electron chi connectivity index (χ3n) is 10.6. The summed E-state index contributed by atoms with van der Waals surface area (Å²) in [6, 6.07) is 68.4. The van der Waals surface area contributed by atoms with Gasteiger partial charge in [0.05, 0.1) is 33.1 Å². The molecule has 0 aliphatic carbocycles. The Morgan fingerprint density at radius 2 is 0.667 bits per heavy atom. The molecule has 51 heavy (non-hydrogen) atoms. The zero-order chi connectivity index (χ0) is 33.5. The third kappa shape index (κ3) is 4.06. The molecule has 11 aromatic rings. The first-order valence-corrected chi connectivity index (χ1v) is 17.5. The van der Waals surface area contributed by atoms with Crippen LogP contribution >= 0.6 is 0 Å². The van der Waals surface area contributed by atoms with Crippen LogP contribution in [0.25, 0.3) is 93.6 Å². The van der Waals surface area contributed by atoms with Crippen LogP contribution < -0.4 is 0 Å². The van der Waals surface area contributed by atoms with Crippen molar-refractivity contribution < 1.29 is 0 Å². The molecule has 0 saturated heterocycles. The number of aromatic nitrogens is 3. The minimum atomic E-state index is 1.15. The lowest BCUT2D eigenvalue weighted by atomic mass is 10.0. The first-order chi connectivity index (χ1) is 25.3. The van der Waals surface area contributed by atoms with Crippen LogP contribution in [0.3, 0.4) is 0 Å². The molecule has 0 atom stereocenters. The van der Waals surface area contributed by atoms with Crippen molar-refractivity contribution >= 4 is 65.4 Å². The minimum absolute atomic E-state index is 1.15. The van der Waals surface area contributed by atoms with Crippen molar-refractivity contribution in [2.45, 2.75) is 0 Å². The Morgan fingerprint density at radius 1 is 0.255 bits per heavy atom. The number of nitrogens with zero attached hydrogens (tertiary/aromatic N) is 3. The molecule has 0 fully saturated rings. The van der Waals surface area contributed by atoms with E-state index in [1.165, 1.54) is 82.2 Å². The molecule has 0 bridgehead atoms. The number of hydrogen-bond acceptors (Lipinski definition) is 0. The van der Waals surface area contributed by atoms with Gasteiger partial charge >= 0.3 is 0 Å². The van der Waals surface area contributed by atoms with E-state index < -0.39 is 0 Å². The van der Waals surface area contributed by atoms with Gasteiger partial charge in [0.15, 0.2) is 0 Å². The highest BCUT2D eigenvalue weighted by atomic mass is 15.0. The van der Waals surface area contributed by atoms with Gasteiger partial charge in [0.1, 0.15) is 0 Å². The number of benzene rings is 8. The van der Waals surface area contributed by atoms with E-state index in [1.807, 2.05) is 0 Å². The molecule has 0 amide bonds. The molecule has 3 nitrogen and oxygen atoms in total. The maximum absolute atomic E-state index is 2.43. The van der Waals surface area contributed by atoms with Gasteiger partial charge in [0.2, 0.25) is 0 Å². The van der Waals surface area contributed by atoms with Crippen LogP contribution in [0.1, 0.15) is 0 Å². The second-order valence-electron chi connectivity index (χ2n) is 13.4. The summed E-state index contributed by atoms with van der Waals surface area (Å²) in [5.41, 5.74) is 13.2. The van der Waals surface area contributed by atoms with Crippen LogP contribution in [-0.4, -0.2) is 13.7 Å². The summed E-state index contributed by atoms with van der Waals surface area (Å²) in [5.74, 6) is 0. The van der Waals surface area contributed by atoms with Crippen LogP contribution in [0.2, 0.25) is 0 Å². The predicted octanol–water partition coefficient (Wildman–Crippen LogP) is 12.6. The van der Waals surface area contributed by atoms with Gasteiger partial charge in [0, 0.05) is 54.9 Å². The van der Waals surface area contributed by atoms with Gasteiger partial charge in [-0.05, 0) is 72.3 Å². The summed E-state index contributed by atoms with van der Waals surface area (Å²) < 4.78 is 7.25. The molecule has 0 radical (unpaired) electrons. The first-order valence-electron chi connectivity index (χ1n) is 17.5. The lowest BCUT2D eigenvalue weighted by Crippen LogP contribution is -1.96. The van der Waals surface area contributed by atoms with E-state index >= 15 is 0 Å². The van der Waals surface area contributed by atoms with Crippen molar-refractivity contribution in [3.8, 4) is 28.2 Å². The van der Waals surface area contributed by atoms with Crippen LogP contribution in [0.15, 0.2) is 188 Å². The standard InChI is InChI=1S/C48H31N3/c1-3-14-33(15-4-1)49-43-23-10-8-19-38(43)41-31-47-42(30-46(41)49)39-20-9-11-24-44(39)50(47)35-28-26-32(27-29-35)36-21-13-22-40-37-18-7-12-25-45(37)51(48(36)40)34-16-5-2-6-17-34/h1-31H. The Balaban J connectivity index is 1.14. The average molecular weight is 650 g/mol. The maximum atomic E-state index is 2.43. The van der Waals surface area contributed by atoms with Crippen LogP contribution in [-0.2, 0) is 0 Å². The van der Waals surface area contributed by atoms with Gasteiger partial charge in [-0.25, -0.2) is 0 Å². The highest BCUT2D eigenvalue weighted by Gasteiger charge is 2.19. The Morgan fingerprint density at radius 3 is 1.22 bits per heavy atom. The number of para-hydroxylation sites is 6. The normalized spacial score (nSPS) is 11.9. The largest absolute Gasteiger partial charge is 0.309 e. The zero-order valence-electron chi connectivity index (χ0n) is 27.7. The van der Waals surface area contributed by atoms with Crippen molar-refractivity contribution in [2.24, 2.45) is 0 Å². The smallest absolute Gasteiger partial charge is 0.0619 e. The summed E-state index contributed by atoms with van der Waals surface area (Å²) in [6.45, 7) is 0. The first kappa shape index (κ1) is 28.0. The fourth-order valence-corrected chi connectivity index (χ4v) is 8.45. The van der Waals surface area contributed by atoms with E-state index in [0.29, 0.717) is 0 Å². The molecule has 0 spiro atoms. The molecule has 11 rings (SSSR count). The van der Waals surface area contributed by atoms with Crippen molar-refractivity contribution in [3.63, 3.8) is 0 Å². The van der Waals surface area contributed by atoms with E-state index in [1.54, 1.807) is 0 Å². The van der Waals surface area contributed by atoms with Crippen molar-refractivity contribution in [1.82, 2.24) is 13.7 Å². The molecular weight excluding hydrogens is 619 g/mol. The number of rotatable bonds is 4. The summed E-state index contributed by atoms with van der Waals surface area (Å²) >= 11 is 0. The topological polar surface area (TPSA) is 14.8 Å². The summed E-state index contributed by atoms with van der Waals surface area (Å²) in [5, 5.41) is 7.53. The van der Waals surface area contributed by atoms with E-state index in [9.17, 15) is 0 Å². The Kier molecular flexibility index (Phi) is 5.96. The fourth-order valence-electron chi connectivity index (χ4n) is 8.45. The SMILES string of the molecule is c1ccc(-n2c3ccccc3c3cc4c(cc32)c2ccccc2n4-c2ccc(-c3cccc4c5ccccc5n(-c5ccccc5)c34)cc2)cc1. The highest BCUT2D eigenvalue weighted by molar-refractivity contribution is 6.19. The molecular formula is C48H31N3. The molecule has 3 aromatic heterocycles. The summed E-state index contributed by atoms with van der Waals surface area (Å²) in [6.07, 6.45) is 0. The Hall–Kier alpha value is -6.84. The van der Waals surface area contributed by atoms with Crippen LogP contribution in [0, 0.1) is 0 Å².